The first-order valence-electron chi connectivity index (χ1n) is 12.4. The molecule has 5 rings (SSSR count). The highest BCUT2D eigenvalue weighted by Gasteiger charge is 2.21. The normalized spacial score (nSPS) is 18.6. The fourth-order valence-corrected chi connectivity index (χ4v) is 5.56. The zero-order valence-electron chi connectivity index (χ0n) is 20.1. The molecule has 1 aromatic carbocycles. The van der Waals surface area contributed by atoms with Crippen LogP contribution in [0.4, 0.5) is 5.13 Å². The minimum Gasteiger partial charge on any atom is -0.344 e. The summed E-state index contributed by atoms with van der Waals surface area (Å²) in [6, 6.07) is 15.0. The van der Waals surface area contributed by atoms with Gasteiger partial charge < -0.3 is 15.1 Å². The number of hydrogen-bond acceptors (Lipinski definition) is 8. The summed E-state index contributed by atoms with van der Waals surface area (Å²) < 4.78 is 2.18. The fraction of sp³-hybridized carbons (Fsp3) is 0.520. The summed E-state index contributed by atoms with van der Waals surface area (Å²) in [5.74, 6) is 0. The van der Waals surface area contributed by atoms with Gasteiger partial charge in [-0.15, -0.1) is 10.2 Å². The van der Waals surface area contributed by atoms with Gasteiger partial charge in [-0.05, 0) is 24.7 Å². The molecular formula is C25H36N8S. The SMILES string of the molecule is CN1CCN(CCNCc2cccn2-c2nnc(N3CCN(Cc4ccccc4)CC3)s2)CC1. The average Bonchev–Trinajstić information content (AvgIpc) is 3.54. The van der Waals surface area contributed by atoms with Gasteiger partial charge in [-0.1, -0.05) is 41.7 Å². The van der Waals surface area contributed by atoms with Gasteiger partial charge in [-0.25, -0.2) is 0 Å². The molecule has 0 atom stereocenters. The van der Waals surface area contributed by atoms with E-state index in [1.165, 1.54) is 37.4 Å². The Morgan fingerprint density at radius 2 is 1.56 bits per heavy atom. The van der Waals surface area contributed by atoms with Crippen LogP contribution >= 0.6 is 11.3 Å². The van der Waals surface area contributed by atoms with Crippen LogP contribution in [0, 0.1) is 0 Å². The lowest BCUT2D eigenvalue weighted by Crippen LogP contribution is -2.46. The Morgan fingerprint density at radius 3 is 2.35 bits per heavy atom. The molecule has 0 amide bonds. The zero-order chi connectivity index (χ0) is 23.2. The van der Waals surface area contributed by atoms with Crippen LogP contribution in [0.15, 0.2) is 48.7 Å². The van der Waals surface area contributed by atoms with Gasteiger partial charge >= 0.3 is 0 Å². The molecule has 1 N–H and O–H groups in total. The first kappa shape index (κ1) is 23.4. The number of hydrogen-bond donors (Lipinski definition) is 1. The van der Waals surface area contributed by atoms with Crippen LogP contribution in [0.1, 0.15) is 11.3 Å². The largest absolute Gasteiger partial charge is 0.344 e. The number of piperazine rings is 2. The molecule has 0 unspecified atom stereocenters. The predicted molar refractivity (Wildman–Crippen MR) is 139 cm³/mol. The highest BCUT2D eigenvalue weighted by atomic mass is 32.1. The van der Waals surface area contributed by atoms with Crippen LogP contribution in [0.5, 0.6) is 0 Å². The van der Waals surface area contributed by atoms with Crippen molar-refractivity contribution >= 4 is 16.5 Å². The van der Waals surface area contributed by atoms with E-state index in [-0.39, 0.29) is 0 Å². The number of nitrogens with zero attached hydrogens (tertiary/aromatic N) is 7. The van der Waals surface area contributed by atoms with Crippen molar-refractivity contribution < 1.29 is 0 Å². The van der Waals surface area contributed by atoms with Gasteiger partial charge in [0.25, 0.3) is 0 Å². The number of likely N-dealkylation sites (N-methyl/N-ethyl adjacent to an activating group) is 1. The molecule has 0 saturated carbocycles. The summed E-state index contributed by atoms with van der Waals surface area (Å²) in [5, 5.41) is 14.6. The molecule has 0 radical (unpaired) electrons. The number of aromatic nitrogens is 3. The van der Waals surface area contributed by atoms with Crippen molar-refractivity contribution in [1.29, 1.82) is 0 Å². The minimum atomic E-state index is 0.841. The van der Waals surface area contributed by atoms with Crippen molar-refractivity contribution in [3.8, 4) is 5.13 Å². The van der Waals surface area contributed by atoms with E-state index in [1.807, 2.05) is 0 Å². The molecule has 34 heavy (non-hydrogen) atoms. The molecular weight excluding hydrogens is 444 g/mol. The van der Waals surface area contributed by atoms with Crippen molar-refractivity contribution in [3.63, 3.8) is 0 Å². The molecule has 3 aromatic rings. The summed E-state index contributed by atoms with van der Waals surface area (Å²) in [6.07, 6.45) is 2.10. The predicted octanol–water partition coefficient (Wildman–Crippen LogP) is 1.99. The second kappa shape index (κ2) is 11.4. The Morgan fingerprint density at radius 1 is 0.824 bits per heavy atom. The topological polar surface area (TPSA) is 55.7 Å². The first-order valence-corrected chi connectivity index (χ1v) is 13.2. The molecule has 182 valence electrons. The first-order chi connectivity index (χ1) is 16.7. The minimum absolute atomic E-state index is 0.841. The Hall–Kier alpha value is -2.30. The van der Waals surface area contributed by atoms with Gasteiger partial charge in [0.15, 0.2) is 0 Å². The van der Waals surface area contributed by atoms with Gasteiger partial charge in [0.2, 0.25) is 10.3 Å². The van der Waals surface area contributed by atoms with E-state index in [0.717, 1.165) is 62.6 Å². The third-order valence-corrected chi connectivity index (χ3v) is 7.82. The molecule has 2 aliphatic heterocycles. The molecule has 0 bridgehead atoms. The van der Waals surface area contributed by atoms with Crippen molar-refractivity contribution in [2.24, 2.45) is 0 Å². The zero-order valence-corrected chi connectivity index (χ0v) is 21.0. The second-order valence-corrected chi connectivity index (χ2v) is 10.2. The maximum atomic E-state index is 4.53. The summed E-state index contributed by atoms with van der Waals surface area (Å²) >= 11 is 1.69. The second-order valence-electron chi connectivity index (χ2n) is 9.31. The molecule has 4 heterocycles. The lowest BCUT2D eigenvalue weighted by molar-refractivity contribution is 0.154. The van der Waals surface area contributed by atoms with Crippen molar-refractivity contribution in [1.82, 2.24) is 34.8 Å². The van der Waals surface area contributed by atoms with Crippen molar-refractivity contribution in [2.45, 2.75) is 13.1 Å². The number of benzene rings is 1. The Balaban J connectivity index is 1.10. The van der Waals surface area contributed by atoms with Crippen LogP contribution < -0.4 is 10.2 Å². The van der Waals surface area contributed by atoms with Crippen molar-refractivity contribution in [2.75, 3.05) is 77.4 Å². The van der Waals surface area contributed by atoms with E-state index in [2.05, 4.69) is 95.4 Å². The van der Waals surface area contributed by atoms with E-state index < -0.39 is 0 Å². The molecule has 0 spiro atoms. The van der Waals surface area contributed by atoms with Crippen LogP contribution in [-0.2, 0) is 13.1 Å². The Kier molecular flexibility index (Phi) is 7.87. The van der Waals surface area contributed by atoms with Crippen LogP contribution in [0.3, 0.4) is 0 Å². The molecule has 2 aliphatic rings. The lowest BCUT2D eigenvalue weighted by Gasteiger charge is -2.34. The smallest absolute Gasteiger partial charge is 0.218 e. The number of rotatable bonds is 9. The molecule has 2 saturated heterocycles. The number of anilines is 1. The maximum Gasteiger partial charge on any atom is 0.218 e. The van der Waals surface area contributed by atoms with Gasteiger partial charge in [-0.2, -0.15) is 0 Å². The van der Waals surface area contributed by atoms with Gasteiger partial charge in [-0.3, -0.25) is 14.4 Å². The standard InChI is InChI=1S/C25H36N8S/c1-29-12-14-30(15-13-29)11-9-26-20-23-8-5-10-33(23)25-28-27-24(34-25)32-18-16-31(17-19-32)21-22-6-3-2-4-7-22/h2-8,10,26H,9,11-21H2,1H3. The number of nitrogens with one attached hydrogen (secondary N) is 1. The van der Waals surface area contributed by atoms with Crippen LogP contribution in [0.25, 0.3) is 5.13 Å². The molecule has 2 aromatic heterocycles. The third kappa shape index (κ3) is 6.03. The third-order valence-electron chi connectivity index (χ3n) is 6.84. The molecule has 2 fully saturated rings. The van der Waals surface area contributed by atoms with Gasteiger partial charge in [0.1, 0.15) is 0 Å². The average molecular weight is 481 g/mol. The van der Waals surface area contributed by atoms with E-state index >= 15 is 0 Å². The summed E-state index contributed by atoms with van der Waals surface area (Å²) in [4.78, 5) is 9.84. The quantitative estimate of drug-likeness (QED) is 0.470. The lowest BCUT2D eigenvalue weighted by atomic mass is 10.2. The maximum absolute atomic E-state index is 4.53. The van der Waals surface area contributed by atoms with E-state index in [4.69, 9.17) is 0 Å². The highest BCUT2D eigenvalue weighted by Crippen LogP contribution is 2.25. The Bertz CT molecular complexity index is 1000. The van der Waals surface area contributed by atoms with Crippen molar-refractivity contribution in [3.05, 3.63) is 59.9 Å². The molecule has 9 heteroatoms. The van der Waals surface area contributed by atoms with Gasteiger partial charge in [0, 0.05) is 90.4 Å². The van der Waals surface area contributed by atoms with Crippen LogP contribution in [0.2, 0.25) is 0 Å². The molecule has 0 aliphatic carbocycles. The van der Waals surface area contributed by atoms with E-state index in [1.54, 1.807) is 11.3 Å². The summed E-state index contributed by atoms with van der Waals surface area (Å²) in [7, 11) is 2.20. The summed E-state index contributed by atoms with van der Waals surface area (Å²) in [6.45, 7) is 12.7. The van der Waals surface area contributed by atoms with Gasteiger partial charge in [0.05, 0.1) is 0 Å². The monoisotopic (exact) mass is 480 g/mol. The van der Waals surface area contributed by atoms with E-state index in [0.29, 0.717) is 0 Å². The van der Waals surface area contributed by atoms with E-state index in [9.17, 15) is 0 Å². The Labute approximate surface area is 206 Å². The summed E-state index contributed by atoms with van der Waals surface area (Å²) in [5.41, 5.74) is 2.61. The highest BCUT2D eigenvalue weighted by molar-refractivity contribution is 7.17. The van der Waals surface area contributed by atoms with Crippen LogP contribution in [-0.4, -0.2) is 102 Å². The molecule has 8 nitrogen and oxygen atoms in total. The fourth-order valence-electron chi connectivity index (χ4n) is 4.64.